The van der Waals surface area contributed by atoms with Crippen molar-refractivity contribution in [3.8, 4) is 5.75 Å². The molecule has 1 amide bonds. The van der Waals surface area contributed by atoms with Crippen LogP contribution in [0, 0.1) is 10.1 Å². The molecule has 1 atom stereocenters. The smallest absolute Gasteiger partial charge is 0.280 e. The maximum absolute atomic E-state index is 12.6. The van der Waals surface area contributed by atoms with E-state index >= 15 is 0 Å². The van der Waals surface area contributed by atoms with E-state index in [2.05, 4.69) is 15.3 Å². The Hall–Kier alpha value is -3.62. The van der Waals surface area contributed by atoms with Gasteiger partial charge in [-0.2, -0.15) is 20.3 Å². The summed E-state index contributed by atoms with van der Waals surface area (Å²) in [6.07, 6.45) is 0. The molecule has 0 N–H and O–H groups in total. The van der Waals surface area contributed by atoms with Crippen LogP contribution < -0.4 is 9.75 Å². The Balaban J connectivity index is 1.84. The van der Waals surface area contributed by atoms with Crippen molar-refractivity contribution < 1.29 is 14.5 Å². The topological polar surface area (TPSA) is 110 Å². The minimum absolute atomic E-state index is 0.120. The highest BCUT2D eigenvalue weighted by Gasteiger charge is 2.34. The Morgan fingerprint density at radius 1 is 1.23 bits per heavy atom. The summed E-state index contributed by atoms with van der Waals surface area (Å²) in [6.45, 7) is 1.69. The number of nitrogens with zero attached hydrogens (tertiary/aromatic N) is 5. The molecule has 0 spiro atoms. The average Bonchev–Trinajstić information content (AvgIpc) is 2.94. The molecule has 9 nitrogen and oxygen atoms in total. The quantitative estimate of drug-likeness (QED) is 0.465. The number of hydrogen-bond donors (Lipinski definition) is 0. The van der Waals surface area contributed by atoms with Gasteiger partial charge in [0.15, 0.2) is 11.8 Å². The first-order valence-electron chi connectivity index (χ1n) is 7.68. The van der Waals surface area contributed by atoms with Crippen LogP contribution in [0.3, 0.4) is 0 Å². The van der Waals surface area contributed by atoms with Gasteiger partial charge in [-0.1, -0.05) is 18.2 Å². The number of methoxy groups -OCH3 is 1. The lowest BCUT2D eigenvalue weighted by Gasteiger charge is -2.11. The molecular weight excluding hydrogens is 338 g/mol. The molecule has 1 unspecified atom stereocenters. The van der Waals surface area contributed by atoms with Crippen molar-refractivity contribution in [2.75, 3.05) is 12.1 Å². The third-order valence-corrected chi connectivity index (χ3v) is 3.75. The van der Waals surface area contributed by atoms with Crippen molar-refractivity contribution in [3.05, 3.63) is 58.6 Å². The van der Waals surface area contributed by atoms with Crippen LogP contribution in [0.4, 0.5) is 17.1 Å². The van der Waals surface area contributed by atoms with Gasteiger partial charge in [-0.15, -0.1) is 0 Å². The van der Waals surface area contributed by atoms with Gasteiger partial charge in [-0.05, 0) is 25.1 Å². The predicted molar refractivity (Wildman–Crippen MR) is 95.0 cm³/mol. The van der Waals surface area contributed by atoms with E-state index in [9.17, 15) is 14.9 Å². The number of hydrazone groups is 1. The highest BCUT2D eigenvalue weighted by molar-refractivity contribution is 6.18. The van der Waals surface area contributed by atoms with E-state index in [1.54, 1.807) is 19.1 Å². The van der Waals surface area contributed by atoms with Crippen molar-refractivity contribution in [3.63, 3.8) is 0 Å². The van der Waals surface area contributed by atoms with Crippen LogP contribution in [0.1, 0.15) is 6.92 Å². The first-order valence-corrected chi connectivity index (χ1v) is 7.68. The Kier molecular flexibility index (Phi) is 4.70. The monoisotopic (exact) mass is 353 g/mol. The molecule has 132 valence electrons. The number of para-hydroxylation sites is 1. The molecule has 26 heavy (non-hydrogen) atoms. The van der Waals surface area contributed by atoms with Gasteiger partial charge in [0.1, 0.15) is 5.69 Å². The number of ether oxygens (including phenoxy) is 1. The number of benzene rings is 2. The van der Waals surface area contributed by atoms with Crippen molar-refractivity contribution in [2.45, 2.75) is 13.0 Å². The zero-order valence-corrected chi connectivity index (χ0v) is 14.1. The molecular formula is C17H15N5O4. The van der Waals surface area contributed by atoms with Gasteiger partial charge < -0.3 is 4.74 Å². The van der Waals surface area contributed by atoms with Crippen LogP contribution in [0.15, 0.2) is 63.9 Å². The van der Waals surface area contributed by atoms with Crippen LogP contribution in [0.25, 0.3) is 0 Å². The highest BCUT2D eigenvalue weighted by Crippen LogP contribution is 2.32. The average molecular weight is 353 g/mol. The molecule has 1 heterocycles. The summed E-state index contributed by atoms with van der Waals surface area (Å²) < 4.78 is 5.11. The molecule has 1 aliphatic heterocycles. The molecule has 0 aromatic heterocycles. The highest BCUT2D eigenvalue weighted by atomic mass is 16.6. The zero-order chi connectivity index (χ0) is 18.7. The molecule has 1 aliphatic rings. The summed E-state index contributed by atoms with van der Waals surface area (Å²) in [4.78, 5) is 22.9. The number of nitro groups is 1. The van der Waals surface area contributed by atoms with Gasteiger partial charge >= 0.3 is 0 Å². The lowest BCUT2D eigenvalue weighted by Crippen LogP contribution is -2.29. The molecule has 9 heteroatoms. The lowest BCUT2D eigenvalue weighted by atomic mass is 10.2. The molecule has 0 saturated heterocycles. The van der Waals surface area contributed by atoms with E-state index in [-0.39, 0.29) is 23.0 Å². The van der Waals surface area contributed by atoms with Crippen LogP contribution in [0.2, 0.25) is 0 Å². The first-order chi connectivity index (χ1) is 12.5. The molecule has 0 saturated carbocycles. The second-order valence-electron chi connectivity index (χ2n) is 5.46. The van der Waals surface area contributed by atoms with Gasteiger partial charge in [-0.3, -0.25) is 14.9 Å². The minimum Gasteiger partial charge on any atom is -0.494 e. The largest absolute Gasteiger partial charge is 0.494 e. The van der Waals surface area contributed by atoms with E-state index in [1.165, 1.54) is 30.3 Å². The van der Waals surface area contributed by atoms with Crippen molar-refractivity contribution in [1.29, 1.82) is 0 Å². The molecule has 0 fully saturated rings. The minimum atomic E-state index is -0.852. The number of anilines is 1. The Morgan fingerprint density at radius 3 is 2.62 bits per heavy atom. The lowest BCUT2D eigenvalue weighted by molar-refractivity contribution is -0.384. The number of carbonyl (C=O) groups is 1. The van der Waals surface area contributed by atoms with Gasteiger partial charge in [0.25, 0.3) is 11.6 Å². The number of azo groups is 1. The maximum atomic E-state index is 12.6. The number of non-ortho nitro benzene ring substituents is 1. The summed E-state index contributed by atoms with van der Waals surface area (Å²) in [6, 6.07) is 12.1. The number of amides is 1. The van der Waals surface area contributed by atoms with Gasteiger partial charge in [0.05, 0.1) is 29.5 Å². The molecule has 2 aromatic rings. The second-order valence-corrected chi connectivity index (χ2v) is 5.46. The fourth-order valence-corrected chi connectivity index (χ4v) is 2.43. The normalized spacial score (nSPS) is 16.8. The SMILES string of the molecule is COc1cc([N+](=O)[O-])ccc1N=NC1C(=O)N(c2ccccc2)N=C1C. The maximum Gasteiger partial charge on any atom is 0.280 e. The summed E-state index contributed by atoms with van der Waals surface area (Å²) in [5.74, 6) is -0.124. The Labute approximate surface area is 148 Å². The summed E-state index contributed by atoms with van der Waals surface area (Å²) in [5, 5.41) is 24.5. The Morgan fingerprint density at radius 2 is 1.96 bits per heavy atom. The summed E-state index contributed by atoms with van der Waals surface area (Å²) in [5.41, 5.74) is 1.31. The molecule has 0 radical (unpaired) electrons. The van der Waals surface area contributed by atoms with Gasteiger partial charge in [0.2, 0.25) is 0 Å². The summed E-state index contributed by atoms with van der Waals surface area (Å²) in [7, 11) is 1.38. The van der Waals surface area contributed by atoms with E-state index in [0.717, 1.165) is 0 Å². The first kappa shape index (κ1) is 17.2. The fraction of sp³-hybridized carbons (Fsp3) is 0.176. The predicted octanol–water partition coefficient (Wildman–Crippen LogP) is 3.48. The molecule has 0 aliphatic carbocycles. The zero-order valence-electron chi connectivity index (χ0n) is 14.1. The van der Waals surface area contributed by atoms with E-state index in [0.29, 0.717) is 11.4 Å². The van der Waals surface area contributed by atoms with Crippen molar-refractivity contribution in [2.24, 2.45) is 15.3 Å². The fourth-order valence-electron chi connectivity index (χ4n) is 2.43. The van der Waals surface area contributed by atoms with Gasteiger partial charge in [-0.25, -0.2) is 0 Å². The van der Waals surface area contributed by atoms with E-state index in [4.69, 9.17) is 4.74 Å². The second kappa shape index (κ2) is 7.09. The summed E-state index contributed by atoms with van der Waals surface area (Å²) >= 11 is 0. The molecule has 2 aromatic carbocycles. The third kappa shape index (κ3) is 3.27. The number of rotatable bonds is 5. The van der Waals surface area contributed by atoms with Crippen molar-refractivity contribution in [1.82, 2.24) is 0 Å². The van der Waals surface area contributed by atoms with Crippen LogP contribution in [0.5, 0.6) is 5.75 Å². The van der Waals surface area contributed by atoms with Crippen LogP contribution in [-0.4, -0.2) is 29.7 Å². The number of carbonyl (C=O) groups excluding carboxylic acids is 1. The van der Waals surface area contributed by atoms with Gasteiger partial charge in [0, 0.05) is 6.07 Å². The standard InChI is InChI=1S/C17H15N5O4/c1-11-16(17(23)21(20-11)12-6-4-3-5-7-12)19-18-14-9-8-13(22(24)25)10-15(14)26-2/h3-10,16H,1-2H3. The third-order valence-electron chi connectivity index (χ3n) is 3.75. The van der Waals surface area contributed by atoms with Crippen molar-refractivity contribution >= 4 is 28.7 Å². The molecule has 3 rings (SSSR count). The van der Waals surface area contributed by atoms with Crippen LogP contribution in [-0.2, 0) is 4.79 Å². The number of hydrogen-bond acceptors (Lipinski definition) is 7. The number of nitro benzene ring substituents is 1. The van der Waals surface area contributed by atoms with Crippen LogP contribution >= 0.6 is 0 Å². The van der Waals surface area contributed by atoms with E-state index < -0.39 is 11.0 Å². The van der Waals surface area contributed by atoms with E-state index in [1.807, 2.05) is 18.2 Å². The Bertz CT molecular complexity index is 911. The molecule has 0 bridgehead atoms.